The molecule has 0 fully saturated rings. The van der Waals surface area contributed by atoms with Crippen LogP contribution in [0.3, 0.4) is 0 Å². The summed E-state index contributed by atoms with van der Waals surface area (Å²) in [5.41, 5.74) is -2.92. The third-order valence-electron chi connectivity index (χ3n) is 2.48. The Balaban J connectivity index is 2.66. The molecular formula is C12H13F3N2O4. The van der Waals surface area contributed by atoms with Crippen LogP contribution < -0.4 is 5.32 Å². The van der Waals surface area contributed by atoms with Crippen molar-refractivity contribution in [1.29, 1.82) is 0 Å². The lowest BCUT2D eigenvalue weighted by Crippen LogP contribution is -2.42. The number of hydrogen-bond donors (Lipinski definition) is 3. The van der Waals surface area contributed by atoms with Crippen LogP contribution in [0.15, 0.2) is 18.3 Å². The predicted octanol–water partition coefficient (Wildman–Crippen LogP) is 1.06. The average molecular weight is 306 g/mol. The lowest BCUT2D eigenvalue weighted by Gasteiger charge is -2.21. The number of halogens is 3. The minimum atomic E-state index is -4.60. The third-order valence-corrected chi connectivity index (χ3v) is 2.48. The highest BCUT2D eigenvalue weighted by molar-refractivity contribution is 5.93. The highest BCUT2D eigenvalue weighted by Gasteiger charge is 2.32. The first-order valence-electron chi connectivity index (χ1n) is 5.77. The summed E-state index contributed by atoms with van der Waals surface area (Å²) in [7, 11) is 0. The van der Waals surface area contributed by atoms with Gasteiger partial charge in [-0.15, -0.1) is 0 Å². The molecule has 0 aliphatic rings. The normalized spacial score (nSPS) is 14.3. The SMILES string of the molecule is CC(O)(CNC(=O)c1ccc(C(F)(F)F)nc1)CC(=O)O. The van der Waals surface area contributed by atoms with E-state index in [1.165, 1.54) is 6.92 Å². The molecule has 1 rings (SSSR count). The number of aromatic nitrogens is 1. The van der Waals surface area contributed by atoms with Crippen molar-refractivity contribution in [2.24, 2.45) is 0 Å². The second-order valence-electron chi connectivity index (χ2n) is 4.68. The van der Waals surface area contributed by atoms with E-state index in [1.54, 1.807) is 0 Å². The lowest BCUT2D eigenvalue weighted by atomic mass is 10.0. The van der Waals surface area contributed by atoms with Gasteiger partial charge in [-0.2, -0.15) is 13.2 Å². The first-order chi connectivity index (χ1) is 9.51. The number of hydrogen-bond acceptors (Lipinski definition) is 4. The summed E-state index contributed by atoms with van der Waals surface area (Å²) < 4.78 is 36.9. The molecule has 0 aromatic carbocycles. The summed E-state index contributed by atoms with van der Waals surface area (Å²) in [5, 5.41) is 20.4. The Bertz CT molecular complexity index is 526. The van der Waals surface area contributed by atoms with Gasteiger partial charge in [-0.25, -0.2) is 0 Å². The quantitative estimate of drug-likeness (QED) is 0.755. The molecule has 0 spiro atoms. The number of carbonyl (C=O) groups is 2. The molecule has 0 saturated carbocycles. The zero-order valence-corrected chi connectivity index (χ0v) is 10.9. The summed E-state index contributed by atoms with van der Waals surface area (Å²) in [6, 6.07) is 1.60. The Kier molecular flexibility index (Phi) is 4.89. The van der Waals surface area contributed by atoms with Crippen LogP contribution in [0.5, 0.6) is 0 Å². The van der Waals surface area contributed by atoms with Crippen LogP contribution in [0.4, 0.5) is 13.2 Å². The first kappa shape index (κ1) is 16.9. The fraction of sp³-hybridized carbons (Fsp3) is 0.417. The number of aliphatic hydroxyl groups is 1. The maximum atomic E-state index is 12.3. The number of carboxylic acid groups (broad SMARTS) is 1. The Morgan fingerprint density at radius 2 is 1.95 bits per heavy atom. The molecular weight excluding hydrogens is 293 g/mol. The second kappa shape index (κ2) is 6.08. The van der Waals surface area contributed by atoms with Gasteiger partial charge in [0.05, 0.1) is 17.6 Å². The van der Waals surface area contributed by atoms with Crippen molar-refractivity contribution >= 4 is 11.9 Å². The van der Waals surface area contributed by atoms with E-state index in [-0.39, 0.29) is 12.1 Å². The third kappa shape index (κ3) is 5.38. The molecule has 0 radical (unpaired) electrons. The van der Waals surface area contributed by atoms with Crippen LogP contribution in [0, 0.1) is 0 Å². The van der Waals surface area contributed by atoms with Crippen molar-refractivity contribution in [3.8, 4) is 0 Å². The Labute approximate surface area is 117 Å². The van der Waals surface area contributed by atoms with Gasteiger partial charge in [-0.1, -0.05) is 0 Å². The molecule has 116 valence electrons. The van der Waals surface area contributed by atoms with Gasteiger partial charge in [0.25, 0.3) is 5.91 Å². The van der Waals surface area contributed by atoms with E-state index >= 15 is 0 Å². The van der Waals surface area contributed by atoms with E-state index in [0.717, 1.165) is 12.3 Å². The van der Waals surface area contributed by atoms with E-state index in [1.807, 2.05) is 0 Å². The van der Waals surface area contributed by atoms with Gasteiger partial charge < -0.3 is 15.5 Å². The van der Waals surface area contributed by atoms with Crippen molar-refractivity contribution in [2.45, 2.75) is 25.1 Å². The number of nitrogens with zero attached hydrogens (tertiary/aromatic N) is 1. The molecule has 21 heavy (non-hydrogen) atoms. The van der Waals surface area contributed by atoms with Crippen molar-refractivity contribution in [1.82, 2.24) is 10.3 Å². The topological polar surface area (TPSA) is 99.5 Å². The summed E-state index contributed by atoms with van der Waals surface area (Å²) in [5.74, 6) is -2.01. The number of carboxylic acids is 1. The molecule has 1 heterocycles. The molecule has 9 heteroatoms. The van der Waals surface area contributed by atoms with E-state index in [0.29, 0.717) is 6.07 Å². The molecule has 1 aromatic heterocycles. The average Bonchev–Trinajstić information content (AvgIpc) is 2.33. The van der Waals surface area contributed by atoms with Gasteiger partial charge in [0.2, 0.25) is 0 Å². The summed E-state index contributed by atoms with van der Waals surface area (Å²) in [4.78, 5) is 25.2. The summed E-state index contributed by atoms with van der Waals surface area (Å²) >= 11 is 0. The monoisotopic (exact) mass is 306 g/mol. The fourth-order valence-corrected chi connectivity index (χ4v) is 1.46. The summed E-state index contributed by atoms with van der Waals surface area (Å²) in [6.45, 7) is 0.853. The zero-order chi connectivity index (χ0) is 16.3. The van der Waals surface area contributed by atoms with Crippen LogP contribution in [-0.2, 0) is 11.0 Å². The lowest BCUT2D eigenvalue weighted by molar-refractivity contribution is -0.142. The highest BCUT2D eigenvalue weighted by atomic mass is 19.4. The second-order valence-corrected chi connectivity index (χ2v) is 4.68. The van der Waals surface area contributed by atoms with Crippen molar-refractivity contribution in [3.63, 3.8) is 0 Å². The number of pyridine rings is 1. The standard InChI is InChI=1S/C12H13F3N2O4/c1-11(21,4-9(18)19)6-17-10(20)7-2-3-8(16-5-7)12(13,14)15/h2-3,5,21H,4,6H2,1H3,(H,17,20)(H,18,19). The molecule has 3 N–H and O–H groups in total. The molecule has 0 saturated heterocycles. The molecule has 1 aromatic rings. The molecule has 0 bridgehead atoms. The van der Waals surface area contributed by atoms with Crippen LogP contribution in [0.25, 0.3) is 0 Å². The smallest absolute Gasteiger partial charge is 0.433 e. The van der Waals surface area contributed by atoms with Gasteiger partial charge in [-0.05, 0) is 19.1 Å². The number of nitrogens with one attached hydrogen (secondary N) is 1. The van der Waals surface area contributed by atoms with Crippen LogP contribution in [-0.4, -0.2) is 39.2 Å². The van der Waals surface area contributed by atoms with Crippen LogP contribution in [0.2, 0.25) is 0 Å². The molecule has 6 nitrogen and oxygen atoms in total. The first-order valence-corrected chi connectivity index (χ1v) is 5.77. The molecule has 0 aliphatic heterocycles. The van der Waals surface area contributed by atoms with E-state index in [2.05, 4.69) is 10.3 Å². The Morgan fingerprint density at radius 1 is 1.33 bits per heavy atom. The number of aliphatic carboxylic acids is 1. The van der Waals surface area contributed by atoms with Gasteiger partial charge in [-0.3, -0.25) is 14.6 Å². The largest absolute Gasteiger partial charge is 0.481 e. The van der Waals surface area contributed by atoms with E-state index in [4.69, 9.17) is 5.11 Å². The number of carbonyl (C=O) groups excluding carboxylic acids is 1. The van der Waals surface area contributed by atoms with Crippen molar-refractivity contribution in [2.75, 3.05) is 6.54 Å². The van der Waals surface area contributed by atoms with Crippen molar-refractivity contribution < 1.29 is 33.0 Å². The molecule has 1 atom stereocenters. The number of amides is 1. The zero-order valence-electron chi connectivity index (χ0n) is 10.9. The van der Waals surface area contributed by atoms with Gasteiger partial charge >= 0.3 is 12.1 Å². The summed E-state index contributed by atoms with van der Waals surface area (Å²) in [6.07, 6.45) is -4.43. The van der Waals surface area contributed by atoms with E-state index < -0.39 is 35.8 Å². The predicted molar refractivity (Wildman–Crippen MR) is 64.4 cm³/mol. The van der Waals surface area contributed by atoms with E-state index in [9.17, 15) is 27.9 Å². The maximum Gasteiger partial charge on any atom is 0.433 e. The molecule has 0 aliphatic carbocycles. The fourth-order valence-electron chi connectivity index (χ4n) is 1.46. The molecule has 1 unspecified atom stereocenters. The number of rotatable bonds is 5. The maximum absolute atomic E-state index is 12.3. The minimum absolute atomic E-state index is 0.130. The Morgan fingerprint density at radius 3 is 2.38 bits per heavy atom. The van der Waals surface area contributed by atoms with Crippen LogP contribution in [0.1, 0.15) is 29.4 Å². The molecule has 1 amide bonds. The van der Waals surface area contributed by atoms with Crippen LogP contribution >= 0.6 is 0 Å². The van der Waals surface area contributed by atoms with Gasteiger partial charge in [0, 0.05) is 12.7 Å². The van der Waals surface area contributed by atoms with Gasteiger partial charge in [0.1, 0.15) is 5.69 Å². The highest BCUT2D eigenvalue weighted by Crippen LogP contribution is 2.27. The number of alkyl halides is 3. The van der Waals surface area contributed by atoms with Crippen molar-refractivity contribution in [3.05, 3.63) is 29.6 Å². The van der Waals surface area contributed by atoms with Gasteiger partial charge in [0.15, 0.2) is 0 Å². The minimum Gasteiger partial charge on any atom is -0.481 e. The Hall–Kier alpha value is -2.16.